The molecule has 1 unspecified atom stereocenters. The third kappa shape index (κ3) is 5.71. The number of aliphatic imine (C=N–C) groups is 1. The molecular weight excluding hydrogens is 528 g/mol. The van der Waals surface area contributed by atoms with Gasteiger partial charge in [0.2, 0.25) is 0 Å². The molecule has 3 aliphatic rings. The van der Waals surface area contributed by atoms with Gasteiger partial charge in [0.05, 0.1) is 18.5 Å². The number of allylic oxidation sites excluding steroid dienone is 2. The molecule has 2 saturated heterocycles. The Hall–Kier alpha value is -4.70. The Balaban J connectivity index is 1.09. The lowest BCUT2D eigenvalue weighted by Crippen LogP contribution is -2.44. The standard InChI is InChI=1S/C32H36N8O2/c1-20(9-11-34-21(2)33)28-17-37-31(27-10-12-42-30(27)28)36-15-22-5-4-6-23(13-22)32(41)38-29-8-7-24(16-35-29)40-19-25-14-26(40)18-39(25)3/h4-9,11,13,16-17,25-26H,2,10,12,14-15,18-19,33H2,1,3H3,(H,36,37)(H,35,38,41)/b20-9+,34-11-/t25-,26?/m1/s1. The monoisotopic (exact) mass is 564 g/mol. The highest BCUT2D eigenvalue weighted by Gasteiger charge is 2.41. The van der Waals surface area contributed by atoms with Gasteiger partial charge in [0.15, 0.2) is 0 Å². The number of anilines is 3. The molecule has 0 spiro atoms. The van der Waals surface area contributed by atoms with Crippen molar-refractivity contribution >= 4 is 35.0 Å². The van der Waals surface area contributed by atoms with Crippen molar-refractivity contribution in [1.29, 1.82) is 0 Å². The number of pyridine rings is 2. The van der Waals surface area contributed by atoms with Crippen LogP contribution in [-0.4, -0.2) is 65.8 Å². The number of hydrogen-bond acceptors (Lipinski definition) is 9. The molecule has 0 radical (unpaired) electrons. The summed E-state index contributed by atoms with van der Waals surface area (Å²) < 4.78 is 5.96. The Morgan fingerprint density at radius 1 is 1.21 bits per heavy atom. The maximum Gasteiger partial charge on any atom is 0.256 e. The van der Waals surface area contributed by atoms with E-state index in [0.717, 1.165) is 59.0 Å². The predicted octanol–water partition coefficient (Wildman–Crippen LogP) is 4.07. The smallest absolute Gasteiger partial charge is 0.256 e. The van der Waals surface area contributed by atoms with Crippen molar-refractivity contribution in [2.75, 3.05) is 42.3 Å². The van der Waals surface area contributed by atoms with Gasteiger partial charge in [0.1, 0.15) is 23.2 Å². The number of carbonyl (C=O) groups is 1. The number of piperazine rings is 1. The fourth-order valence-electron chi connectivity index (χ4n) is 5.96. The van der Waals surface area contributed by atoms with Gasteiger partial charge < -0.3 is 26.0 Å². The molecule has 3 aromatic rings. The van der Waals surface area contributed by atoms with Crippen LogP contribution in [-0.2, 0) is 13.0 Å². The first-order valence-electron chi connectivity index (χ1n) is 14.2. The molecule has 1 amide bonds. The molecule has 3 aliphatic heterocycles. The van der Waals surface area contributed by atoms with Gasteiger partial charge in [-0.2, -0.15) is 0 Å². The molecule has 5 heterocycles. The van der Waals surface area contributed by atoms with Gasteiger partial charge in [-0.15, -0.1) is 0 Å². The molecule has 10 nitrogen and oxygen atoms in total. The summed E-state index contributed by atoms with van der Waals surface area (Å²) in [6.07, 6.45) is 9.12. The molecule has 6 rings (SSSR count). The van der Waals surface area contributed by atoms with Gasteiger partial charge in [-0.25, -0.2) is 15.0 Å². The van der Waals surface area contributed by atoms with Crippen molar-refractivity contribution in [3.8, 4) is 5.75 Å². The van der Waals surface area contributed by atoms with Gasteiger partial charge in [-0.3, -0.25) is 9.69 Å². The Morgan fingerprint density at radius 3 is 2.83 bits per heavy atom. The van der Waals surface area contributed by atoms with E-state index in [9.17, 15) is 4.79 Å². The second kappa shape index (κ2) is 11.7. The molecule has 4 N–H and O–H groups in total. The number of nitrogens with zero attached hydrogens (tertiary/aromatic N) is 5. The highest BCUT2D eigenvalue weighted by atomic mass is 16.5. The Labute approximate surface area is 246 Å². The molecule has 2 atom stereocenters. The van der Waals surface area contributed by atoms with Crippen LogP contribution >= 0.6 is 0 Å². The van der Waals surface area contributed by atoms with Crippen molar-refractivity contribution in [2.24, 2.45) is 10.7 Å². The minimum atomic E-state index is -0.195. The van der Waals surface area contributed by atoms with E-state index in [1.165, 1.54) is 6.42 Å². The van der Waals surface area contributed by atoms with Gasteiger partial charge in [0.25, 0.3) is 5.91 Å². The quantitative estimate of drug-likeness (QED) is 0.333. The van der Waals surface area contributed by atoms with E-state index in [1.807, 2.05) is 55.6 Å². The third-order valence-electron chi connectivity index (χ3n) is 8.20. The number of benzene rings is 1. The molecule has 2 fully saturated rings. The lowest BCUT2D eigenvalue weighted by molar-refractivity contribution is 0.102. The normalized spacial score (nSPS) is 19.7. The number of fused-ring (bicyclic) bond motifs is 3. The Morgan fingerprint density at radius 2 is 2.10 bits per heavy atom. The number of nitrogens with two attached hydrogens (primary N) is 1. The number of carbonyl (C=O) groups excluding carboxylic acids is 1. The average molecular weight is 565 g/mol. The summed E-state index contributed by atoms with van der Waals surface area (Å²) in [4.78, 5) is 31.1. The molecule has 0 aliphatic carbocycles. The van der Waals surface area contributed by atoms with E-state index >= 15 is 0 Å². The number of amides is 1. The van der Waals surface area contributed by atoms with Crippen molar-refractivity contribution in [2.45, 2.75) is 38.4 Å². The van der Waals surface area contributed by atoms with Crippen molar-refractivity contribution in [3.63, 3.8) is 0 Å². The second-order valence-electron chi connectivity index (χ2n) is 11.1. The number of likely N-dealkylation sites (tertiary alicyclic amines) is 1. The van der Waals surface area contributed by atoms with Crippen molar-refractivity contribution < 1.29 is 9.53 Å². The average Bonchev–Trinajstić information content (AvgIpc) is 3.72. The topological polar surface area (TPSA) is 121 Å². The summed E-state index contributed by atoms with van der Waals surface area (Å²) in [5, 5.41) is 6.37. The van der Waals surface area contributed by atoms with Gasteiger partial charge in [-0.1, -0.05) is 18.7 Å². The Bertz CT molecular complexity index is 1560. The first kappa shape index (κ1) is 27.5. The van der Waals surface area contributed by atoms with Crippen molar-refractivity contribution in [1.82, 2.24) is 14.9 Å². The first-order chi connectivity index (χ1) is 20.4. The second-order valence-corrected chi connectivity index (χ2v) is 11.1. The number of ether oxygens (including phenoxy) is 1. The van der Waals surface area contributed by atoms with Crippen LogP contribution in [0.15, 0.2) is 72.3 Å². The fraction of sp³-hybridized carbons (Fsp3) is 0.312. The van der Waals surface area contributed by atoms with E-state index in [-0.39, 0.29) is 11.7 Å². The molecular formula is C32H36N8O2. The van der Waals surface area contributed by atoms with E-state index < -0.39 is 0 Å². The minimum absolute atomic E-state index is 0.195. The van der Waals surface area contributed by atoms with E-state index in [4.69, 9.17) is 10.5 Å². The van der Waals surface area contributed by atoms with Gasteiger partial charge in [-0.05, 0) is 61.9 Å². The van der Waals surface area contributed by atoms with E-state index in [0.29, 0.717) is 36.6 Å². The van der Waals surface area contributed by atoms with E-state index in [2.05, 4.69) is 49.0 Å². The molecule has 1 aromatic carbocycles. The van der Waals surface area contributed by atoms with Crippen LogP contribution in [0.5, 0.6) is 5.75 Å². The number of rotatable bonds is 9. The van der Waals surface area contributed by atoms with Crippen molar-refractivity contribution in [3.05, 3.63) is 89.5 Å². The highest BCUT2D eigenvalue weighted by molar-refractivity contribution is 6.03. The minimum Gasteiger partial charge on any atom is -0.492 e. The van der Waals surface area contributed by atoms with Crippen LogP contribution in [0, 0.1) is 0 Å². The molecule has 2 bridgehead atoms. The summed E-state index contributed by atoms with van der Waals surface area (Å²) in [6, 6.07) is 12.7. The van der Waals surface area contributed by atoms with E-state index in [1.54, 1.807) is 12.4 Å². The molecule has 2 aromatic heterocycles. The summed E-state index contributed by atoms with van der Waals surface area (Å²) in [5.74, 6) is 2.21. The number of likely N-dealkylation sites (N-methyl/N-ethyl adjacent to an activating group) is 1. The van der Waals surface area contributed by atoms with Crippen LogP contribution in [0.1, 0.15) is 40.4 Å². The van der Waals surface area contributed by atoms with Crippen LogP contribution in [0.25, 0.3) is 5.57 Å². The maximum absolute atomic E-state index is 13.0. The molecule has 216 valence electrons. The van der Waals surface area contributed by atoms with Crippen LogP contribution < -0.4 is 26.0 Å². The maximum atomic E-state index is 13.0. The van der Waals surface area contributed by atoms with Gasteiger partial charge >= 0.3 is 0 Å². The Kier molecular flexibility index (Phi) is 7.62. The zero-order chi connectivity index (χ0) is 29.2. The fourth-order valence-corrected chi connectivity index (χ4v) is 5.96. The number of hydrogen-bond donors (Lipinski definition) is 3. The van der Waals surface area contributed by atoms with Gasteiger partial charge in [0, 0.05) is 67.2 Å². The van der Waals surface area contributed by atoms with Crippen LogP contribution in [0.4, 0.5) is 17.3 Å². The molecule has 42 heavy (non-hydrogen) atoms. The number of nitrogens with one attached hydrogen (secondary N) is 2. The highest BCUT2D eigenvalue weighted by Crippen LogP contribution is 2.37. The zero-order valence-electron chi connectivity index (χ0n) is 24.0. The summed E-state index contributed by atoms with van der Waals surface area (Å²) in [7, 11) is 2.19. The SMILES string of the molecule is C=C(N)/N=C\C=C(/C)c1cnc(NCc2cccc(C(=O)Nc3ccc(N4C[C@H]5CC4CN5C)cn3)c2)c2c1OCC2. The summed E-state index contributed by atoms with van der Waals surface area (Å²) >= 11 is 0. The largest absolute Gasteiger partial charge is 0.492 e. The zero-order valence-corrected chi connectivity index (χ0v) is 24.0. The summed E-state index contributed by atoms with van der Waals surface area (Å²) in [5.41, 5.74) is 11.1. The van der Waals surface area contributed by atoms with Crippen LogP contribution in [0.3, 0.4) is 0 Å². The lowest BCUT2D eigenvalue weighted by atomic mass is 10.0. The van der Waals surface area contributed by atoms with Crippen LogP contribution in [0.2, 0.25) is 0 Å². The molecule has 0 saturated carbocycles. The third-order valence-corrected chi connectivity index (χ3v) is 8.20. The lowest BCUT2D eigenvalue weighted by Gasteiger charge is -2.33. The first-order valence-corrected chi connectivity index (χ1v) is 14.2. The number of aromatic nitrogens is 2. The molecule has 10 heteroatoms. The summed E-state index contributed by atoms with van der Waals surface area (Å²) in [6.45, 7) is 8.79. The predicted molar refractivity (Wildman–Crippen MR) is 167 cm³/mol.